The van der Waals surface area contributed by atoms with E-state index in [-0.39, 0.29) is 11.9 Å². The van der Waals surface area contributed by atoms with Gasteiger partial charge in [-0.15, -0.1) is 0 Å². The fourth-order valence-electron chi connectivity index (χ4n) is 1.78. The second-order valence-corrected chi connectivity index (χ2v) is 3.43. The second-order valence-electron chi connectivity index (χ2n) is 3.43. The van der Waals surface area contributed by atoms with Gasteiger partial charge in [0.25, 0.3) is 0 Å². The number of aliphatic hydroxyl groups is 1. The molecule has 1 fully saturated rings. The zero-order chi connectivity index (χ0) is 9.97. The Labute approximate surface area is 81.9 Å². The molecule has 2 rings (SSSR count). The first-order chi connectivity index (χ1) is 6.81. The molecular weight excluding hydrogens is 182 g/mol. The topological polar surface area (TPSA) is 58.4 Å². The third-order valence-corrected chi connectivity index (χ3v) is 2.55. The smallest absolute Gasteiger partial charge is 0.248 e. The average Bonchev–Trinajstić information content (AvgIpc) is 2.86. The highest BCUT2D eigenvalue weighted by Crippen LogP contribution is 2.20. The minimum atomic E-state index is -0.397. The van der Waals surface area contributed by atoms with E-state index in [1.54, 1.807) is 11.1 Å². The SMILES string of the molecule is O=C(CO)N1CCC(n2cccn2)C1. The van der Waals surface area contributed by atoms with Crippen LogP contribution in [0.5, 0.6) is 0 Å². The van der Waals surface area contributed by atoms with Crippen molar-refractivity contribution >= 4 is 5.91 Å². The summed E-state index contributed by atoms with van der Waals surface area (Å²) in [7, 11) is 0. The highest BCUT2D eigenvalue weighted by atomic mass is 16.3. The van der Waals surface area contributed by atoms with Crippen LogP contribution in [-0.2, 0) is 4.79 Å². The number of carbonyl (C=O) groups is 1. The van der Waals surface area contributed by atoms with Gasteiger partial charge in [0.2, 0.25) is 5.91 Å². The van der Waals surface area contributed by atoms with Crippen LogP contribution in [0, 0.1) is 0 Å². The van der Waals surface area contributed by atoms with Crippen molar-refractivity contribution in [1.82, 2.24) is 14.7 Å². The normalized spacial score (nSPS) is 21.5. The van der Waals surface area contributed by atoms with E-state index >= 15 is 0 Å². The standard InChI is InChI=1S/C9H13N3O2/c13-7-9(14)11-5-2-8(6-11)12-4-1-3-10-12/h1,3-4,8,13H,2,5-7H2. The van der Waals surface area contributed by atoms with E-state index in [0.29, 0.717) is 13.1 Å². The Morgan fingerprint density at radius 1 is 1.64 bits per heavy atom. The molecule has 76 valence electrons. The van der Waals surface area contributed by atoms with Gasteiger partial charge in [-0.2, -0.15) is 5.10 Å². The molecule has 1 aromatic rings. The maximum atomic E-state index is 11.2. The summed E-state index contributed by atoms with van der Waals surface area (Å²) in [5.41, 5.74) is 0. The predicted octanol–water partition coefficient (Wildman–Crippen LogP) is -0.351. The summed E-state index contributed by atoms with van der Waals surface area (Å²) < 4.78 is 1.87. The Kier molecular flexibility index (Phi) is 2.49. The second kappa shape index (κ2) is 3.79. The lowest BCUT2D eigenvalue weighted by molar-refractivity contribution is -0.133. The fraction of sp³-hybridized carbons (Fsp3) is 0.556. The van der Waals surface area contributed by atoms with Crippen LogP contribution in [0.2, 0.25) is 0 Å². The number of amides is 1. The van der Waals surface area contributed by atoms with Crippen LogP contribution in [0.25, 0.3) is 0 Å². The molecule has 2 heterocycles. The Bertz CT molecular complexity index is 310. The molecule has 1 aliphatic heterocycles. The van der Waals surface area contributed by atoms with Gasteiger partial charge in [0.1, 0.15) is 6.61 Å². The number of hydrogen-bond acceptors (Lipinski definition) is 3. The van der Waals surface area contributed by atoms with Gasteiger partial charge in [0, 0.05) is 25.5 Å². The van der Waals surface area contributed by atoms with Crippen LogP contribution in [0.4, 0.5) is 0 Å². The Morgan fingerprint density at radius 3 is 3.14 bits per heavy atom. The van der Waals surface area contributed by atoms with Crippen LogP contribution in [-0.4, -0.2) is 45.4 Å². The minimum absolute atomic E-state index is 0.195. The maximum absolute atomic E-state index is 11.2. The first-order valence-corrected chi connectivity index (χ1v) is 4.69. The predicted molar refractivity (Wildman–Crippen MR) is 49.5 cm³/mol. The molecule has 1 N–H and O–H groups in total. The van der Waals surface area contributed by atoms with Crippen molar-refractivity contribution in [2.45, 2.75) is 12.5 Å². The molecule has 1 aliphatic rings. The Morgan fingerprint density at radius 2 is 2.50 bits per heavy atom. The molecule has 0 spiro atoms. The van der Waals surface area contributed by atoms with E-state index in [4.69, 9.17) is 5.11 Å². The number of carbonyl (C=O) groups excluding carboxylic acids is 1. The van der Waals surface area contributed by atoms with Crippen LogP contribution in [0.1, 0.15) is 12.5 Å². The van der Waals surface area contributed by atoms with Crippen molar-refractivity contribution in [1.29, 1.82) is 0 Å². The molecule has 1 saturated heterocycles. The zero-order valence-electron chi connectivity index (χ0n) is 7.83. The van der Waals surface area contributed by atoms with Gasteiger partial charge in [-0.05, 0) is 12.5 Å². The Hall–Kier alpha value is -1.36. The van der Waals surface area contributed by atoms with Crippen molar-refractivity contribution in [2.24, 2.45) is 0 Å². The number of hydrogen-bond donors (Lipinski definition) is 1. The molecule has 1 aromatic heterocycles. The van der Waals surface area contributed by atoms with Crippen LogP contribution >= 0.6 is 0 Å². The molecular formula is C9H13N3O2. The minimum Gasteiger partial charge on any atom is -0.387 e. The number of aromatic nitrogens is 2. The molecule has 0 bridgehead atoms. The third-order valence-electron chi connectivity index (χ3n) is 2.55. The van der Waals surface area contributed by atoms with E-state index in [0.717, 1.165) is 6.42 Å². The number of likely N-dealkylation sites (tertiary alicyclic amines) is 1. The number of nitrogens with zero attached hydrogens (tertiary/aromatic N) is 3. The fourth-order valence-corrected chi connectivity index (χ4v) is 1.78. The summed E-state index contributed by atoms with van der Waals surface area (Å²) in [6.45, 7) is 0.969. The largest absolute Gasteiger partial charge is 0.387 e. The number of rotatable bonds is 2. The molecule has 1 atom stereocenters. The quantitative estimate of drug-likeness (QED) is 0.701. The third kappa shape index (κ3) is 1.63. The van der Waals surface area contributed by atoms with Crippen molar-refractivity contribution in [3.05, 3.63) is 18.5 Å². The van der Waals surface area contributed by atoms with E-state index < -0.39 is 6.61 Å². The van der Waals surface area contributed by atoms with E-state index in [2.05, 4.69) is 5.10 Å². The highest BCUT2D eigenvalue weighted by molar-refractivity contribution is 5.77. The summed E-state index contributed by atoms with van der Waals surface area (Å²) in [5.74, 6) is -0.195. The molecule has 0 aromatic carbocycles. The van der Waals surface area contributed by atoms with Crippen molar-refractivity contribution < 1.29 is 9.90 Å². The highest BCUT2D eigenvalue weighted by Gasteiger charge is 2.26. The van der Waals surface area contributed by atoms with Gasteiger partial charge in [-0.3, -0.25) is 9.48 Å². The summed E-state index contributed by atoms with van der Waals surface area (Å²) in [5, 5.41) is 12.8. The van der Waals surface area contributed by atoms with Crippen molar-refractivity contribution in [3.63, 3.8) is 0 Å². The van der Waals surface area contributed by atoms with Crippen LogP contribution in [0.15, 0.2) is 18.5 Å². The zero-order valence-corrected chi connectivity index (χ0v) is 7.83. The van der Waals surface area contributed by atoms with E-state index in [1.807, 2.05) is 16.9 Å². The van der Waals surface area contributed by atoms with Gasteiger partial charge < -0.3 is 10.0 Å². The molecule has 1 amide bonds. The van der Waals surface area contributed by atoms with E-state index in [1.165, 1.54) is 0 Å². The Balaban J connectivity index is 1.98. The molecule has 0 radical (unpaired) electrons. The van der Waals surface area contributed by atoms with Gasteiger partial charge in [-0.1, -0.05) is 0 Å². The van der Waals surface area contributed by atoms with Gasteiger partial charge in [0.15, 0.2) is 0 Å². The molecule has 5 nitrogen and oxygen atoms in total. The summed E-state index contributed by atoms with van der Waals surface area (Å²) in [6, 6.07) is 2.14. The summed E-state index contributed by atoms with van der Waals surface area (Å²) in [4.78, 5) is 12.8. The summed E-state index contributed by atoms with van der Waals surface area (Å²) >= 11 is 0. The number of aliphatic hydroxyl groups excluding tert-OH is 1. The molecule has 0 saturated carbocycles. The van der Waals surface area contributed by atoms with Gasteiger partial charge >= 0.3 is 0 Å². The molecule has 0 aliphatic carbocycles. The lowest BCUT2D eigenvalue weighted by Gasteiger charge is -2.14. The van der Waals surface area contributed by atoms with Crippen molar-refractivity contribution in [2.75, 3.05) is 19.7 Å². The van der Waals surface area contributed by atoms with Gasteiger partial charge in [0.05, 0.1) is 6.04 Å². The van der Waals surface area contributed by atoms with Crippen LogP contribution < -0.4 is 0 Å². The van der Waals surface area contributed by atoms with E-state index in [9.17, 15) is 4.79 Å². The molecule has 1 unspecified atom stereocenters. The maximum Gasteiger partial charge on any atom is 0.248 e. The first kappa shape index (κ1) is 9.21. The lowest BCUT2D eigenvalue weighted by atomic mass is 10.3. The average molecular weight is 195 g/mol. The van der Waals surface area contributed by atoms with Gasteiger partial charge in [-0.25, -0.2) is 0 Å². The van der Waals surface area contributed by atoms with Crippen molar-refractivity contribution in [3.8, 4) is 0 Å². The lowest BCUT2D eigenvalue weighted by Crippen LogP contribution is -2.31. The molecule has 14 heavy (non-hydrogen) atoms. The molecule has 5 heteroatoms. The first-order valence-electron chi connectivity index (χ1n) is 4.69. The van der Waals surface area contributed by atoms with Crippen LogP contribution in [0.3, 0.4) is 0 Å². The summed E-state index contributed by atoms with van der Waals surface area (Å²) in [6.07, 6.45) is 4.54. The monoisotopic (exact) mass is 195 g/mol.